The summed E-state index contributed by atoms with van der Waals surface area (Å²) in [5, 5.41) is 12.1. The normalized spacial score (nSPS) is 17.4. The number of hydrogen-bond acceptors (Lipinski definition) is 5. The number of aliphatic hydroxyl groups excluding tert-OH is 1. The fraction of sp³-hybridized carbons (Fsp3) is 0.500. The third kappa shape index (κ3) is 2.16. The van der Waals surface area contributed by atoms with Crippen molar-refractivity contribution in [2.45, 2.75) is 24.8 Å². The number of aromatic nitrogens is 1. The minimum absolute atomic E-state index is 0.104. The van der Waals surface area contributed by atoms with Gasteiger partial charge in [-0.05, 0) is 19.3 Å². The summed E-state index contributed by atoms with van der Waals surface area (Å²) in [5.41, 5.74) is 1.50. The van der Waals surface area contributed by atoms with Crippen LogP contribution in [0.1, 0.15) is 19.3 Å². The van der Waals surface area contributed by atoms with Gasteiger partial charge in [0.05, 0.1) is 12.1 Å². The molecule has 94 valence electrons. The van der Waals surface area contributed by atoms with Crippen molar-refractivity contribution < 1.29 is 13.9 Å². The number of hydrogen-bond donors (Lipinski definition) is 4. The van der Waals surface area contributed by atoms with Gasteiger partial charge in [-0.1, -0.05) is 0 Å². The summed E-state index contributed by atoms with van der Waals surface area (Å²) in [6.07, 6.45) is 2.42. The number of nitrogen functional groups attached to an aromatic ring is 1. The van der Waals surface area contributed by atoms with Crippen LogP contribution < -0.4 is 16.6 Å². The van der Waals surface area contributed by atoms with Crippen LogP contribution >= 0.6 is 0 Å². The first-order chi connectivity index (χ1) is 8.10. The van der Waals surface area contributed by atoms with Crippen LogP contribution in [0.5, 0.6) is 0 Å². The molecule has 0 unspecified atom stereocenters. The van der Waals surface area contributed by atoms with Gasteiger partial charge in [-0.3, -0.25) is 0 Å². The van der Waals surface area contributed by atoms with E-state index in [2.05, 4.69) is 10.3 Å². The molecule has 1 saturated carbocycles. The molecule has 0 bridgehead atoms. The molecule has 1 aromatic heterocycles. The fourth-order valence-corrected chi connectivity index (χ4v) is 1.83. The summed E-state index contributed by atoms with van der Waals surface area (Å²) < 4.78 is 26.6. The van der Waals surface area contributed by atoms with Crippen molar-refractivity contribution >= 4 is 11.6 Å². The SMILES string of the molecule is NNc1nc(NC2(CO)CCC2)c(F)cc1F. The van der Waals surface area contributed by atoms with Gasteiger partial charge >= 0.3 is 0 Å². The van der Waals surface area contributed by atoms with Crippen LogP contribution in [0.15, 0.2) is 6.07 Å². The average molecular weight is 244 g/mol. The second-order valence-electron chi connectivity index (χ2n) is 4.21. The molecule has 0 radical (unpaired) electrons. The number of anilines is 2. The molecule has 1 fully saturated rings. The van der Waals surface area contributed by atoms with Gasteiger partial charge in [0.2, 0.25) is 0 Å². The summed E-state index contributed by atoms with van der Waals surface area (Å²) in [7, 11) is 0. The van der Waals surface area contributed by atoms with Gasteiger partial charge in [0.1, 0.15) is 0 Å². The Labute approximate surface area is 97.0 Å². The lowest BCUT2D eigenvalue weighted by Gasteiger charge is -2.41. The zero-order chi connectivity index (χ0) is 12.5. The highest BCUT2D eigenvalue weighted by Gasteiger charge is 2.37. The third-order valence-electron chi connectivity index (χ3n) is 3.06. The van der Waals surface area contributed by atoms with E-state index in [0.29, 0.717) is 6.07 Å². The van der Waals surface area contributed by atoms with Gasteiger partial charge in [-0.2, -0.15) is 0 Å². The van der Waals surface area contributed by atoms with E-state index in [1.54, 1.807) is 0 Å². The van der Waals surface area contributed by atoms with Crippen LogP contribution in [0.4, 0.5) is 20.4 Å². The number of aliphatic hydroxyl groups is 1. The molecule has 0 amide bonds. The van der Waals surface area contributed by atoms with Crippen molar-refractivity contribution in [3.05, 3.63) is 17.7 Å². The van der Waals surface area contributed by atoms with Gasteiger partial charge in [0.15, 0.2) is 23.3 Å². The van der Waals surface area contributed by atoms with E-state index < -0.39 is 17.2 Å². The summed E-state index contributed by atoms with van der Waals surface area (Å²) in [5.74, 6) is 3.06. The largest absolute Gasteiger partial charge is 0.394 e. The predicted octanol–water partition coefficient (Wildman–Crippen LogP) is 0.972. The molecule has 1 aliphatic carbocycles. The molecule has 17 heavy (non-hydrogen) atoms. The van der Waals surface area contributed by atoms with E-state index in [1.165, 1.54) is 0 Å². The number of hydrazine groups is 1. The first-order valence-electron chi connectivity index (χ1n) is 5.32. The van der Waals surface area contributed by atoms with Crippen molar-refractivity contribution in [1.29, 1.82) is 0 Å². The number of nitrogens with two attached hydrogens (primary N) is 1. The summed E-state index contributed by atoms with van der Waals surface area (Å²) >= 11 is 0. The second-order valence-corrected chi connectivity index (χ2v) is 4.21. The maximum absolute atomic E-state index is 13.5. The molecule has 2 rings (SSSR count). The molecule has 1 aromatic rings. The van der Waals surface area contributed by atoms with Crippen LogP contribution in [-0.4, -0.2) is 22.2 Å². The monoisotopic (exact) mass is 244 g/mol. The minimum Gasteiger partial charge on any atom is -0.394 e. The Bertz CT molecular complexity index is 418. The molecule has 0 saturated heterocycles. The van der Waals surface area contributed by atoms with Gasteiger partial charge < -0.3 is 15.8 Å². The fourth-order valence-electron chi connectivity index (χ4n) is 1.83. The highest BCUT2D eigenvalue weighted by atomic mass is 19.1. The van der Waals surface area contributed by atoms with Crippen LogP contribution in [0.25, 0.3) is 0 Å². The molecular weight excluding hydrogens is 230 g/mol. The maximum Gasteiger partial charge on any atom is 0.178 e. The van der Waals surface area contributed by atoms with E-state index in [4.69, 9.17) is 5.84 Å². The first-order valence-corrected chi connectivity index (χ1v) is 5.32. The molecule has 1 aliphatic rings. The number of pyridine rings is 1. The average Bonchev–Trinajstić information content (AvgIpc) is 2.26. The molecule has 0 atom stereocenters. The van der Waals surface area contributed by atoms with E-state index >= 15 is 0 Å². The van der Waals surface area contributed by atoms with Crippen molar-refractivity contribution in [3.8, 4) is 0 Å². The Hall–Kier alpha value is -1.47. The molecule has 7 heteroatoms. The zero-order valence-corrected chi connectivity index (χ0v) is 9.13. The molecular formula is C10H14F2N4O. The summed E-state index contributed by atoms with van der Waals surface area (Å²) in [6, 6.07) is 0.703. The predicted molar refractivity (Wildman–Crippen MR) is 59.3 cm³/mol. The first kappa shape index (κ1) is 12.0. The number of nitrogens with zero attached hydrogens (tertiary/aromatic N) is 1. The van der Waals surface area contributed by atoms with E-state index in [0.717, 1.165) is 19.3 Å². The Balaban J connectivity index is 2.26. The lowest BCUT2D eigenvalue weighted by molar-refractivity contribution is 0.143. The smallest absolute Gasteiger partial charge is 0.178 e. The van der Waals surface area contributed by atoms with Gasteiger partial charge in [-0.15, -0.1) is 0 Å². The standard InChI is InChI=1S/C10H14F2N4O/c11-6-4-7(12)9(16-13)14-8(6)15-10(5-17)2-1-3-10/h4,17H,1-3,5,13H2,(H2,14,15,16). The molecule has 5 nitrogen and oxygen atoms in total. The van der Waals surface area contributed by atoms with Gasteiger partial charge in [-0.25, -0.2) is 19.6 Å². The Morgan fingerprint density at radius 1 is 1.35 bits per heavy atom. The van der Waals surface area contributed by atoms with Crippen molar-refractivity contribution in [3.63, 3.8) is 0 Å². The molecule has 5 N–H and O–H groups in total. The quantitative estimate of drug-likeness (QED) is 0.468. The molecule has 1 heterocycles. The minimum atomic E-state index is -0.859. The third-order valence-corrected chi connectivity index (χ3v) is 3.06. The Morgan fingerprint density at radius 3 is 2.47 bits per heavy atom. The summed E-state index contributed by atoms with van der Waals surface area (Å²) in [6.45, 7) is -0.114. The molecule has 0 spiro atoms. The van der Waals surface area contributed by atoms with Gasteiger partial charge in [0.25, 0.3) is 0 Å². The lowest BCUT2D eigenvalue weighted by atomic mass is 9.77. The maximum atomic E-state index is 13.5. The van der Waals surface area contributed by atoms with Crippen LogP contribution in [0.2, 0.25) is 0 Å². The second kappa shape index (κ2) is 4.42. The van der Waals surface area contributed by atoms with Crippen LogP contribution in [0.3, 0.4) is 0 Å². The zero-order valence-electron chi connectivity index (χ0n) is 9.13. The van der Waals surface area contributed by atoms with E-state index in [-0.39, 0.29) is 18.2 Å². The van der Waals surface area contributed by atoms with Crippen molar-refractivity contribution in [1.82, 2.24) is 4.98 Å². The van der Waals surface area contributed by atoms with Crippen molar-refractivity contribution in [2.24, 2.45) is 5.84 Å². The van der Waals surface area contributed by atoms with E-state index in [9.17, 15) is 13.9 Å². The van der Waals surface area contributed by atoms with Crippen molar-refractivity contribution in [2.75, 3.05) is 17.3 Å². The highest BCUT2D eigenvalue weighted by molar-refractivity contribution is 5.48. The van der Waals surface area contributed by atoms with Crippen LogP contribution in [-0.2, 0) is 0 Å². The lowest BCUT2D eigenvalue weighted by Crippen LogP contribution is -2.48. The highest BCUT2D eigenvalue weighted by Crippen LogP contribution is 2.35. The number of nitrogens with one attached hydrogen (secondary N) is 2. The number of halogens is 2. The Morgan fingerprint density at radius 2 is 2.00 bits per heavy atom. The van der Waals surface area contributed by atoms with Crippen LogP contribution in [0, 0.1) is 11.6 Å². The molecule has 0 aromatic carbocycles. The van der Waals surface area contributed by atoms with Gasteiger partial charge in [0, 0.05) is 6.07 Å². The summed E-state index contributed by atoms with van der Waals surface area (Å²) in [4.78, 5) is 3.70. The van der Waals surface area contributed by atoms with E-state index in [1.807, 2.05) is 5.43 Å². The molecule has 0 aliphatic heterocycles. The topological polar surface area (TPSA) is 83.2 Å². The Kier molecular flexibility index (Phi) is 3.12. The number of rotatable bonds is 4.